The molecule has 0 radical (unpaired) electrons. The van der Waals surface area contributed by atoms with E-state index in [0.717, 1.165) is 9.45 Å². The van der Waals surface area contributed by atoms with Gasteiger partial charge in [-0.15, -0.1) is 0 Å². The highest BCUT2D eigenvalue weighted by Gasteiger charge is 1.99. The second kappa shape index (κ2) is 13.5. The minimum atomic E-state index is 0.405. The summed E-state index contributed by atoms with van der Waals surface area (Å²) < 4.78 is 22.3. The van der Waals surface area contributed by atoms with Crippen molar-refractivity contribution in [2.75, 3.05) is 52.8 Å². The van der Waals surface area contributed by atoms with Gasteiger partial charge in [-0.25, -0.2) is 4.98 Å². The molecule has 1 heterocycles. The monoisotopic (exact) mass is 423 g/mol. The van der Waals surface area contributed by atoms with Gasteiger partial charge in [0.25, 0.3) is 0 Å². The Morgan fingerprint density at radius 3 is 2.32 bits per heavy atom. The Kier molecular flexibility index (Phi) is 11.6. The van der Waals surface area contributed by atoms with Crippen molar-refractivity contribution in [3.05, 3.63) is 22.0 Å². The average Bonchev–Trinajstić information content (AvgIpc) is 2.53. The van der Waals surface area contributed by atoms with E-state index in [2.05, 4.69) is 37.6 Å². The summed E-state index contributed by atoms with van der Waals surface area (Å²) in [7, 11) is 0. The zero-order valence-electron chi connectivity index (χ0n) is 12.2. The molecule has 9 heteroatoms. The van der Waals surface area contributed by atoms with Crippen molar-refractivity contribution in [2.24, 2.45) is 5.11 Å². The van der Waals surface area contributed by atoms with Crippen LogP contribution >= 0.6 is 22.6 Å². The van der Waals surface area contributed by atoms with E-state index in [9.17, 15) is 0 Å². The number of ether oxygens (including phenoxy) is 4. The Morgan fingerprint density at radius 1 is 1.05 bits per heavy atom. The standard InChI is InChI=1S/C13H20IN4O4/c14-13-12(2-1-3-16-13)22-11-10-21-9-8-20-7-6-19-5-4-17-18-15/h1-3,15H,4-11H2/q+1. The first-order chi connectivity index (χ1) is 10.8. The molecule has 0 aliphatic rings. The van der Waals surface area contributed by atoms with Crippen molar-refractivity contribution in [1.82, 2.24) is 9.90 Å². The number of halogens is 1. The van der Waals surface area contributed by atoms with Crippen LogP contribution in [0.4, 0.5) is 0 Å². The van der Waals surface area contributed by atoms with Crippen LogP contribution in [0, 0.1) is 9.23 Å². The lowest BCUT2D eigenvalue weighted by molar-refractivity contribution is 0.0104. The number of hydrogen-bond donors (Lipinski definition) is 1. The van der Waals surface area contributed by atoms with E-state index in [1.165, 1.54) is 0 Å². The molecule has 0 aliphatic carbocycles. The Morgan fingerprint density at radius 2 is 1.68 bits per heavy atom. The van der Waals surface area contributed by atoms with E-state index in [1.807, 2.05) is 12.1 Å². The van der Waals surface area contributed by atoms with E-state index in [0.29, 0.717) is 52.8 Å². The molecule has 0 spiro atoms. The van der Waals surface area contributed by atoms with Crippen LogP contribution in [-0.4, -0.2) is 57.8 Å². The maximum Gasteiger partial charge on any atom is 0.214 e. The van der Waals surface area contributed by atoms with Crippen molar-refractivity contribution < 1.29 is 18.9 Å². The van der Waals surface area contributed by atoms with E-state index >= 15 is 0 Å². The van der Waals surface area contributed by atoms with E-state index in [1.54, 1.807) is 6.20 Å². The first-order valence-electron chi connectivity index (χ1n) is 6.84. The molecule has 0 amide bonds. The van der Waals surface area contributed by atoms with Gasteiger partial charge in [-0.05, 0) is 34.7 Å². The quantitative estimate of drug-likeness (QED) is 0.171. The first kappa shape index (κ1) is 18.9. The largest absolute Gasteiger partial charge is 0.488 e. The van der Waals surface area contributed by atoms with Crippen LogP contribution in [-0.2, 0) is 14.2 Å². The van der Waals surface area contributed by atoms with Crippen molar-refractivity contribution in [3.8, 4) is 5.75 Å². The Labute approximate surface area is 142 Å². The fourth-order valence-electron chi connectivity index (χ4n) is 1.39. The zero-order chi connectivity index (χ0) is 15.9. The summed E-state index contributed by atoms with van der Waals surface area (Å²) >= 11 is 2.13. The molecule has 0 saturated carbocycles. The summed E-state index contributed by atoms with van der Waals surface area (Å²) in [6.45, 7) is 3.87. The van der Waals surface area contributed by atoms with Crippen molar-refractivity contribution >= 4 is 22.6 Å². The van der Waals surface area contributed by atoms with E-state index in [-0.39, 0.29) is 0 Å². The summed E-state index contributed by atoms with van der Waals surface area (Å²) in [4.78, 5) is 7.00. The Bertz CT molecular complexity index is 457. The normalized spacial score (nSPS) is 10.2. The highest BCUT2D eigenvalue weighted by molar-refractivity contribution is 14.1. The lowest BCUT2D eigenvalue weighted by Crippen LogP contribution is -2.13. The Hall–Kier alpha value is -1.13. The summed E-state index contributed by atoms with van der Waals surface area (Å²) in [5, 5.41) is 3.46. The van der Waals surface area contributed by atoms with Gasteiger partial charge in [-0.2, -0.15) is 0 Å². The van der Waals surface area contributed by atoms with Gasteiger partial charge in [0, 0.05) is 6.20 Å². The number of aromatic nitrogens is 1. The van der Waals surface area contributed by atoms with Gasteiger partial charge < -0.3 is 18.9 Å². The lowest BCUT2D eigenvalue weighted by Gasteiger charge is -2.08. The highest BCUT2D eigenvalue weighted by Crippen LogP contribution is 2.16. The predicted octanol–water partition coefficient (Wildman–Crippen LogP) is 1.67. The fourth-order valence-corrected chi connectivity index (χ4v) is 1.88. The molecule has 0 atom stereocenters. The third kappa shape index (κ3) is 9.74. The molecule has 22 heavy (non-hydrogen) atoms. The van der Waals surface area contributed by atoms with Gasteiger partial charge in [0.1, 0.15) is 27.5 Å². The molecule has 0 saturated heterocycles. The van der Waals surface area contributed by atoms with Gasteiger partial charge in [0.05, 0.1) is 39.6 Å². The molecule has 1 N–H and O–H groups in total. The maximum absolute atomic E-state index is 6.45. The molecular weight excluding hydrogens is 403 g/mol. The minimum absolute atomic E-state index is 0.405. The highest BCUT2D eigenvalue weighted by atomic mass is 127. The van der Waals surface area contributed by atoms with E-state index in [4.69, 9.17) is 24.5 Å². The molecule has 0 bridgehead atoms. The summed E-state index contributed by atoms with van der Waals surface area (Å²) in [5.41, 5.74) is 6.45. The second-order valence-electron chi connectivity index (χ2n) is 3.94. The van der Waals surface area contributed by atoms with Crippen LogP contribution in [0.2, 0.25) is 0 Å². The number of hydrogen-bond acceptors (Lipinski definition) is 7. The topological polar surface area (TPSA) is 100 Å². The smallest absolute Gasteiger partial charge is 0.214 e. The van der Waals surface area contributed by atoms with Crippen molar-refractivity contribution in [1.29, 1.82) is 5.53 Å². The lowest BCUT2D eigenvalue weighted by atomic mass is 10.5. The van der Waals surface area contributed by atoms with E-state index < -0.39 is 0 Å². The van der Waals surface area contributed by atoms with Crippen LogP contribution in [0.25, 0.3) is 0 Å². The first-order valence-corrected chi connectivity index (χ1v) is 7.92. The van der Waals surface area contributed by atoms with Gasteiger partial charge in [-0.3, -0.25) is 0 Å². The maximum atomic E-state index is 6.45. The molecule has 0 aromatic carbocycles. The molecule has 0 fully saturated rings. The molecule has 1 rings (SSSR count). The molecule has 1 aromatic heterocycles. The number of rotatable bonds is 13. The van der Waals surface area contributed by atoms with Crippen molar-refractivity contribution in [2.45, 2.75) is 0 Å². The second-order valence-corrected chi connectivity index (χ2v) is 4.96. The van der Waals surface area contributed by atoms with Gasteiger partial charge in [-0.1, -0.05) is 0 Å². The summed E-state index contributed by atoms with van der Waals surface area (Å²) in [6, 6.07) is 3.72. The van der Waals surface area contributed by atoms with Crippen LogP contribution in [0.1, 0.15) is 0 Å². The minimum Gasteiger partial charge on any atom is -0.488 e. The zero-order valence-corrected chi connectivity index (χ0v) is 14.4. The third-order valence-electron chi connectivity index (χ3n) is 2.36. The van der Waals surface area contributed by atoms with Gasteiger partial charge in [0.2, 0.25) is 4.91 Å². The van der Waals surface area contributed by atoms with Crippen LogP contribution in [0.5, 0.6) is 5.75 Å². The number of nitrogens with zero attached hydrogens (tertiary/aromatic N) is 3. The predicted molar refractivity (Wildman–Crippen MR) is 87.1 cm³/mol. The molecule has 1 aromatic rings. The number of nitrogens with one attached hydrogen (secondary N) is 1. The third-order valence-corrected chi connectivity index (χ3v) is 3.17. The molecule has 122 valence electrons. The molecular formula is C13H20IN4O4+. The van der Waals surface area contributed by atoms with Gasteiger partial charge >= 0.3 is 0 Å². The number of pyridine rings is 1. The fraction of sp³-hybridized carbons (Fsp3) is 0.615. The summed E-state index contributed by atoms with van der Waals surface area (Å²) in [6.07, 6.45) is 1.73. The molecule has 8 nitrogen and oxygen atoms in total. The average molecular weight is 423 g/mol. The Balaban J connectivity index is 1.84. The summed E-state index contributed by atoms with van der Waals surface area (Å²) in [5.74, 6) is 0.769. The SMILES string of the molecule is N=[N+]=NCCOCCOCCOCCOc1cccnc1I. The van der Waals surface area contributed by atoms with Crippen LogP contribution in [0.3, 0.4) is 0 Å². The van der Waals surface area contributed by atoms with Gasteiger partial charge in [0.15, 0.2) is 5.75 Å². The molecule has 0 aliphatic heterocycles. The van der Waals surface area contributed by atoms with Crippen LogP contribution in [0.15, 0.2) is 23.4 Å². The van der Waals surface area contributed by atoms with Crippen molar-refractivity contribution in [3.63, 3.8) is 0 Å². The molecule has 0 unspecified atom stereocenters. The van der Waals surface area contributed by atoms with Crippen LogP contribution < -0.4 is 9.65 Å².